The Morgan fingerprint density at radius 1 is 1.48 bits per heavy atom. The van der Waals surface area contributed by atoms with Crippen molar-refractivity contribution in [3.8, 4) is 0 Å². The fourth-order valence-electron chi connectivity index (χ4n) is 2.09. The maximum atomic E-state index is 12.3. The van der Waals surface area contributed by atoms with Crippen LogP contribution in [0, 0.1) is 6.92 Å². The lowest BCUT2D eigenvalue weighted by Crippen LogP contribution is -2.22. The van der Waals surface area contributed by atoms with Gasteiger partial charge >= 0.3 is 0 Å². The molecule has 0 aliphatic rings. The van der Waals surface area contributed by atoms with Gasteiger partial charge in [-0.05, 0) is 23.9 Å². The molecule has 0 radical (unpaired) electrons. The van der Waals surface area contributed by atoms with Crippen LogP contribution >= 0.6 is 22.7 Å². The Morgan fingerprint density at radius 2 is 2.29 bits per heavy atom. The first-order chi connectivity index (χ1) is 10.1. The lowest BCUT2D eigenvalue weighted by Gasteiger charge is -2.02. The van der Waals surface area contributed by atoms with Crippen molar-refractivity contribution in [2.75, 3.05) is 0 Å². The number of hydrogen-bond acceptors (Lipinski definition) is 5. The summed E-state index contributed by atoms with van der Waals surface area (Å²) in [6, 6.07) is 3.92. The third kappa shape index (κ3) is 2.50. The molecule has 3 aromatic rings. The van der Waals surface area contributed by atoms with Gasteiger partial charge in [-0.2, -0.15) is 0 Å². The fourth-order valence-corrected chi connectivity index (χ4v) is 3.79. The minimum absolute atomic E-state index is 0.119. The maximum Gasteiger partial charge on any atom is 0.262 e. The van der Waals surface area contributed by atoms with E-state index >= 15 is 0 Å². The Labute approximate surface area is 128 Å². The van der Waals surface area contributed by atoms with Crippen LogP contribution in [0.25, 0.3) is 10.2 Å². The summed E-state index contributed by atoms with van der Waals surface area (Å²) in [6.07, 6.45) is 1.48. The number of carbonyl (C=O) groups excluding carboxylic acids is 1. The average molecular weight is 319 g/mol. The summed E-state index contributed by atoms with van der Waals surface area (Å²) in [5.41, 5.74) is 0.582. The second kappa shape index (κ2) is 5.42. The third-order valence-electron chi connectivity index (χ3n) is 3.22. The molecule has 0 bridgehead atoms. The van der Waals surface area contributed by atoms with Crippen LogP contribution in [0.5, 0.6) is 0 Å². The van der Waals surface area contributed by atoms with Crippen molar-refractivity contribution in [2.45, 2.75) is 13.5 Å². The van der Waals surface area contributed by atoms with Crippen molar-refractivity contribution in [3.63, 3.8) is 0 Å². The van der Waals surface area contributed by atoms with Gasteiger partial charge in [0.2, 0.25) is 0 Å². The van der Waals surface area contributed by atoms with Gasteiger partial charge in [0.25, 0.3) is 11.5 Å². The molecule has 0 atom stereocenters. The highest BCUT2D eigenvalue weighted by atomic mass is 32.1. The number of rotatable bonds is 3. The quantitative estimate of drug-likeness (QED) is 0.805. The number of hydrogen-bond donors (Lipinski definition) is 1. The summed E-state index contributed by atoms with van der Waals surface area (Å²) in [6.45, 7) is 2.29. The number of nitrogens with zero attached hydrogens (tertiary/aromatic N) is 2. The Morgan fingerprint density at radius 3 is 3.00 bits per heavy atom. The molecular formula is C14H13N3O2S2. The second-order valence-corrected chi connectivity index (χ2v) is 6.69. The second-order valence-electron chi connectivity index (χ2n) is 4.66. The van der Waals surface area contributed by atoms with Gasteiger partial charge in [0.15, 0.2) is 0 Å². The molecule has 1 amide bonds. The summed E-state index contributed by atoms with van der Waals surface area (Å²) in [5, 5.41) is 5.39. The van der Waals surface area contributed by atoms with Crippen LogP contribution in [0.4, 0.5) is 0 Å². The summed E-state index contributed by atoms with van der Waals surface area (Å²) in [7, 11) is 1.66. The smallest absolute Gasteiger partial charge is 0.262 e. The number of aryl methyl sites for hydroxylation is 2. The van der Waals surface area contributed by atoms with Gasteiger partial charge < -0.3 is 9.88 Å². The molecule has 21 heavy (non-hydrogen) atoms. The number of carbonyl (C=O) groups is 1. The van der Waals surface area contributed by atoms with E-state index in [1.165, 1.54) is 22.2 Å². The highest BCUT2D eigenvalue weighted by Crippen LogP contribution is 2.26. The molecule has 0 saturated heterocycles. The van der Waals surface area contributed by atoms with Gasteiger partial charge in [-0.25, -0.2) is 4.98 Å². The molecule has 5 nitrogen and oxygen atoms in total. The molecule has 0 fully saturated rings. The first-order valence-corrected chi connectivity index (χ1v) is 8.03. The predicted octanol–water partition coefficient (Wildman–Crippen LogP) is 2.29. The molecule has 0 aliphatic carbocycles. The van der Waals surface area contributed by atoms with E-state index in [0.717, 1.165) is 4.88 Å². The van der Waals surface area contributed by atoms with E-state index in [0.29, 0.717) is 27.2 Å². The van der Waals surface area contributed by atoms with E-state index in [-0.39, 0.29) is 11.5 Å². The zero-order chi connectivity index (χ0) is 15.0. The van der Waals surface area contributed by atoms with Crippen molar-refractivity contribution in [1.82, 2.24) is 14.9 Å². The van der Waals surface area contributed by atoms with Gasteiger partial charge in [-0.1, -0.05) is 6.07 Å². The summed E-state index contributed by atoms with van der Waals surface area (Å²) >= 11 is 2.86. The Kier molecular flexibility index (Phi) is 3.60. The molecule has 108 valence electrons. The summed E-state index contributed by atoms with van der Waals surface area (Å²) in [5.74, 6) is -0.161. The molecule has 0 spiro atoms. The summed E-state index contributed by atoms with van der Waals surface area (Å²) < 4.78 is 1.43. The van der Waals surface area contributed by atoms with Crippen LogP contribution in [0.3, 0.4) is 0 Å². The van der Waals surface area contributed by atoms with Gasteiger partial charge in [0.05, 0.1) is 23.1 Å². The molecule has 0 unspecified atom stereocenters. The van der Waals surface area contributed by atoms with E-state index in [1.807, 2.05) is 17.5 Å². The minimum atomic E-state index is -0.161. The number of nitrogens with one attached hydrogen (secondary N) is 1. The molecule has 7 heteroatoms. The lowest BCUT2D eigenvalue weighted by atomic mass is 10.2. The first kappa shape index (κ1) is 14.0. The standard InChI is InChI=1S/C14H13N3O2S2/c1-8-10-13(16-7-17(2)14(10)19)21-11(8)12(18)15-6-9-4-3-5-20-9/h3-5,7H,6H2,1-2H3,(H,15,18). The first-order valence-electron chi connectivity index (χ1n) is 6.33. The molecule has 3 heterocycles. The number of fused-ring (bicyclic) bond motifs is 1. The SMILES string of the molecule is Cc1c(C(=O)NCc2cccs2)sc2ncn(C)c(=O)c12. The van der Waals surface area contributed by atoms with Gasteiger partial charge in [0.1, 0.15) is 4.83 Å². The van der Waals surface area contributed by atoms with Crippen LogP contribution in [0.15, 0.2) is 28.6 Å². The molecular weight excluding hydrogens is 306 g/mol. The van der Waals surface area contributed by atoms with E-state index in [4.69, 9.17) is 0 Å². The van der Waals surface area contributed by atoms with Crippen molar-refractivity contribution >= 4 is 38.8 Å². The van der Waals surface area contributed by atoms with Gasteiger partial charge in [0, 0.05) is 11.9 Å². The molecule has 3 rings (SSSR count). The molecule has 0 saturated carbocycles. The Hall–Kier alpha value is -1.99. The van der Waals surface area contributed by atoms with Crippen molar-refractivity contribution < 1.29 is 4.79 Å². The highest BCUT2D eigenvalue weighted by Gasteiger charge is 2.18. The normalized spacial score (nSPS) is 11.0. The van der Waals surface area contributed by atoms with E-state index in [1.54, 1.807) is 25.3 Å². The van der Waals surface area contributed by atoms with Crippen LogP contribution < -0.4 is 10.9 Å². The third-order valence-corrected chi connectivity index (χ3v) is 5.30. The van der Waals surface area contributed by atoms with Crippen LogP contribution in [-0.2, 0) is 13.6 Å². The fraction of sp³-hybridized carbons (Fsp3) is 0.214. The van der Waals surface area contributed by atoms with E-state index in [9.17, 15) is 9.59 Å². The molecule has 0 aliphatic heterocycles. The van der Waals surface area contributed by atoms with Crippen LogP contribution in [0.2, 0.25) is 0 Å². The highest BCUT2D eigenvalue weighted by molar-refractivity contribution is 7.20. The Bertz CT molecular complexity index is 862. The maximum absolute atomic E-state index is 12.3. The zero-order valence-electron chi connectivity index (χ0n) is 11.5. The monoisotopic (exact) mass is 319 g/mol. The lowest BCUT2D eigenvalue weighted by molar-refractivity contribution is 0.0955. The van der Waals surface area contributed by atoms with Crippen molar-refractivity contribution in [3.05, 3.63) is 49.5 Å². The zero-order valence-corrected chi connectivity index (χ0v) is 13.2. The van der Waals surface area contributed by atoms with Crippen LogP contribution in [-0.4, -0.2) is 15.5 Å². The average Bonchev–Trinajstić information content (AvgIpc) is 3.09. The molecule has 3 aromatic heterocycles. The Balaban J connectivity index is 1.93. The minimum Gasteiger partial charge on any atom is -0.346 e. The largest absolute Gasteiger partial charge is 0.346 e. The summed E-state index contributed by atoms with van der Waals surface area (Å²) in [4.78, 5) is 30.9. The van der Waals surface area contributed by atoms with E-state index in [2.05, 4.69) is 10.3 Å². The topological polar surface area (TPSA) is 64.0 Å². The predicted molar refractivity (Wildman–Crippen MR) is 85.1 cm³/mol. The van der Waals surface area contributed by atoms with Crippen molar-refractivity contribution in [2.24, 2.45) is 7.05 Å². The molecule has 1 N–H and O–H groups in total. The van der Waals surface area contributed by atoms with Gasteiger partial charge in [-0.3, -0.25) is 9.59 Å². The van der Waals surface area contributed by atoms with Crippen molar-refractivity contribution in [1.29, 1.82) is 0 Å². The number of aromatic nitrogens is 2. The van der Waals surface area contributed by atoms with Gasteiger partial charge in [-0.15, -0.1) is 22.7 Å². The molecule has 0 aromatic carbocycles. The van der Waals surface area contributed by atoms with Crippen LogP contribution in [0.1, 0.15) is 20.1 Å². The van der Waals surface area contributed by atoms with E-state index < -0.39 is 0 Å². The number of amides is 1. The number of thiophene rings is 2.